The first-order valence-corrected chi connectivity index (χ1v) is 4.02. The Morgan fingerprint density at radius 2 is 1.83 bits per heavy atom. The number of aryl methyl sites for hydroxylation is 1. The van der Waals surface area contributed by atoms with Crippen molar-refractivity contribution in [3.8, 4) is 0 Å². The molecule has 0 aromatic heterocycles. The van der Waals surface area contributed by atoms with Crippen molar-refractivity contribution in [2.45, 2.75) is 19.5 Å². The predicted octanol–water partition coefficient (Wildman–Crippen LogP) is 2.14. The van der Waals surface area contributed by atoms with Gasteiger partial charge in [0.2, 0.25) is 0 Å². The summed E-state index contributed by atoms with van der Waals surface area (Å²) in [6.07, 6.45) is 0. The third-order valence-electron chi connectivity index (χ3n) is 2.04. The Labute approximate surface area is 72.4 Å². The Morgan fingerprint density at radius 1 is 1.33 bits per heavy atom. The summed E-state index contributed by atoms with van der Waals surface area (Å²) in [6.45, 7) is 3.50. The summed E-state index contributed by atoms with van der Waals surface area (Å²) in [7, 11) is 0. The van der Waals surface area contributed by atoms with Crippen LogP contribution >= 0.6 is 0 Å². The minimum Gasteiger partial charge on any atom is -0.327 e. The van der Waals surface area contributed by atoms with E-state index in [2.05, 4.69) is 0 Å². The van der Waals surface area contributed by atoms with Crippen LogP contribution in [0, 0.1) is 6.92 Å². The molecular formula is C10H14FN. The largest absolute Gasteiger partial charge is 0.327 e. The van der Waals surface area contributed by atoms with Crippen molar-refractivity contribution < 1.29 is 4.39 Å². The van der Waals surface area contributed by atoms with Gasteiger partial charge >= 0.3 is 0 Å². The number of halogens is 1. The molecule has 0 aliphatic heterocycles. The Bertz CT molecular complexity index is 251. The second kappa shape index (κ2) is 3.23. The topological polar surface area (TPSA) is 26.0 Å². The molecule has 1 rings (SSSR count). The van der Waals surface area contributed by atoms with E-state index in [1.54, 1.807) is 12.1 Å². The molecule has 0 aliphatic carbocycles. The van der Waals surface area contributed by atoms with E-state index in [-0.39, 0.29) is 6.54 Å². The molecule has 1 atom stereocenters. The monoisotopic (exact) mass is 167 g/mol. The van der Waals surface area contributed by atoms with E-state index in [9.17, 15) is 4.39 Å². The van der Waals surface area contributed by atoms with Crippen molar-refractivity contribution in [2.24, 2.45) is 5.73 Å². The SMILES string of the molecule is Cc1ccc([C@@](C)(F)CN)cc1. The van der Waals surface area contributed by atoms with Gasteiger partial charge in [-0.1, -0.05) is 29.8 Å². The van der Waals surface area contributed by atoms with Gasteiger partial charge in [0.1, 0.15) is 5.67 Å². The van der Waals surface area contributed by atoms with Crippen molar-refractivity contribution in [2.75, 3.05) is 6.54 Å². The average molecular weight is 167 g/mol. The standard InChI is InChI=1S/C10H14FN/c1-8-3-5-9(6-4-8)10(2,11)7-12/h3-6H,7,12H2,1-2H3/t10-/m0/s1. The van der Waals surface area contributed by atoms with Crippen molar-refractivity contribution in [3.05, 3.63) is 35.4 Å². The fourth-order valence-corrected chi connectivity index (χ4v) is 1.02. The molecule has 0 amide bonds. The highest BCUT2D eigenvalue weighted by Crippen LogP contribution is 2.23. The summed E-state index contributed by atoms with van der Waals surface area (Å²) in [5.74, 6) is 0. The molecule has 0 saturated carbocycles. The Kier molecular flexibility index (Phi) is 2.48. The van der Waals surface area contributed by atoms with Gasteiger partial charge in [-0.3, -0.25) is 0 Å². The van der Waals surface area contributed by atoms with Gasteiger partial charge in [-0.25, -0.2) is 4.39 Å². The summed E-state index contributed by atoms with van der Waals surface area (Å²) in [4.78, 5) is 0. The third-order valence-corrected chi connectivity index (χ3v) is 2.04. The van der Waals surface area contributed by atoms with Crippen molar-refractivity contribution in [1.82, 2.24) is 0 Å². The molecule has 0 aliphatic rings. The quantitative estimate of drug-likeness (QED) is 0.717. The van der Waals surface area contributed by atoms with Gasteiger partial charge in [0, 0.05) is 6.54 Å². The highest BCUT2D eigenvalue weighted by Gasteiger charge is 2.22. The zero-order chi connectivity index (χ0) is 9.19. The molecule has 0 spiro atoms. The van der Waals surface area contributed by atoms with E-state index in [1.165, 1.54) is 6.92 Å². The summed E-state index contributed by atoms with van der Waals surface area (Å²) in [5.41, 5.74) is 5.69. The fourth-order valence-electron chi connectivity index (χ4n) is 1.02. The maximum absolute atomic E-state index is 13.6. The van der Waals surface area contributed by atoms with Crippen LogP contribution in [0.5, 0.6) is 0 Å². The van der Waals surface area contributed by atoms with Crippen molar-refractivity contribution in [3.63, 3.8) is 0 Å². The summed E-state index contributed by atoms with van der Waals surface area (Å²) < 4.78 is 13.6. The highest BCUT2D eigenvalue weighted by molar-refractivity contribution is 5.26. The van der Waals surface area contributed by atoms with Gasteiger partial charge in [0.25, 0.3) is 0 Å². The second-order valence-electron chi connectivity index (χ2n) is 3.27. The van der Waals surface area contributed by atoms with Crippen molar-refractivity contribution in [1.29, 1.82) is 0 Å². The van der Waals surface area contributed by atoms with Gasteiger partial charge < -0.3 is 5.73 Å². The number of rotatable bonds is 2. The van der Waals surface area contributed by atoms with Crippen LogP contribution in [0.4, 0.5) is 4.39 Å². The minimum absolute atomic E-state index is 0.0239. The Hall–Kier alpha value is -0.890. The molecule has 0 bridgehead atoms. The second-order valence-corrected chi connectivity index (χ2v) is 3.27. The molecular weight excluding hydrogens is 153 g/mol. The third kappa shape index (κ3) is 1.83. The van der Waals surface area contributed by atoms with Gasteiger partial charge in [-0.2, -0.15) is 0 Å². The lowest BCUT2D eigenvalue weighted by Gasteiger charge is -2.18. The molecule has 2 heteroatoms. The zero-order valence-electron chi connectivity index (χ0n) is 7.47. The molecule has 1 nitrogen and oxygen atoms in total. The molecule has 0 fully saturated rings. The molecule has 12 heavy (non-hydrogen) atoms. The van der Waals surface area contributed by atoms with Crippen LogP contribution < -0.4 is 5.73 Å². The molecule has 0 radical (unpaired) electrons. The smallest absolute Gasteiger partial charge is 0.145 e. The summed E-state index contributed by atoms with van der Waals surface area (Å²) in [5, 5.41) is 0. The van der Waals surface area contributed by atoms with Gasteiger partial charge in [0.05, 0.1) is 0 Å². The zero-order valence-corrected chi connectivity index (χ0v) is 7.47. The summed E-state index contributed by atoms with van der Waals surface area (Å²) >= 11 is 0. The summed E-state index contributed by atoms with van der Waals surface area (Å²) in [6, 6.07) is 7.34. The Morgan fingerprint density at radius 3 is 2.25 bits per heavy atom. The van der Waals surface area contributed by atoms with E-state index in [0.29, 0.717) is 5.56 Å². The van der Waals surface area contributed by atoms with E-state index >= 15 is 0 Å². The van der Waals surface area contributed by atoms with Crippen LogP contribution in [0.25, 0.3) is 0 Å². The van der Waals surface area contributed by atoms with Gasteiger partial charge in [0.15, 0.2) is 0 Å². The lowest BCUT2D eigenvalue weighted by atomic mass is 9.97. The highest BCUT2D eigenvalue weighted by atomic mass is 19.1. The van der Waals surface area contributed by atoms with E-state index in [4.69, 9.17) is 5.73 Å². The molecule has 0 unspecified atom stereocenters. The van der Waals surface area contributed by atoms with E-state index in [1.807, 2.05) is 19.1 Å². The maximum atomic E-state index is 13.6. The lowest BCUT2D eigenvalue weighted by Crippen LogP contribution is -2.26. The van der Waals surface area contributed by atoms with Crippen LogP contribution in [-0.4, -0.2) is 6.54 Å². The Balaban J connectivity index is 2.96. The average Bonchev–Trinajstić information content (AvgIpc) is 2.05. The van der Waals surface area contributed by atoms with E-state index in [0.717, 1.165) is 5.56 Å². The predicted molar refractivity (Wildman–Crippen MR) is 48.7 cm³/mol. The number of benzene rings is 1. The first kappa shape index (κ1) is 9.20. The normalized spacial score (nSPS) is 15.7. The number of alkyl halides is 1. The molecule has 0 saturated heterocycles. The molecule has 2 N–H and O–H groups in total. The fraction of sp³-hybridized carbons (Fsp3) is 0.400. The lowest BCUT2D eigenvalue weighted by molar-refractivity contribution is 0.203. The molecule has 66 valence electrons. The van der Waals surface area contributed by atoms with Crippen LogP contribution in [0.3, 0.4) is 0 Å². The first-order valence-electron chi connectivity index (χ1n) is 4.02. The van der Waals surface area contributed by atoms with Gasteiger partial charge in [-0.05, 0) is 19.4 Å². The van der Waals surface area contributed by atoms with Crippen LogP contribution in [0.15, 0.2) is 24.3 Å². The van der Waals surface area contributed by atoms with Crippen molar-refractivity contribution >= 4 is 0 Å². The molecule has 1 aromatic rings. The number of hydrogen-bond acceptors (Lipinski definition) is 1. The number of nitrogens with two attached hydrogens (primary N) is 1. The van der Waals surface area contributed by atoms with E-state index < -0.39 is 5.67 Å². The molecule has 0 heterocycles. The van der Waals surface area contributed by atoms with Crippen LogP contribution in [-0.2, 0) is 5.67 Å². The first-order chi connectivity index (χ1) is 5.56. The molecule has 1 aromatic carbocycles. The van der Waals surface area contributed by atoms with Crippen LogP contribution in [0.2, 0.25) is 0 Å². The number of hydrogen-bond donors (Lipinski definition) is 1. The van der Waals surface area contributed by atoms with Crippen LogP contribution in [0.1, 0.15) is 18.1 Å². The van der Waals surface area contributed by atoms with Gasteiger partial charge in [-0.15, -0.1) is 0 Å². The minimum atomic E-state index is -1.40. The maximum Gasteiger partial charge on any atom is 0.145 e.